The number of halogens is 1. The number of nitrogens with zero attached hydrogens (tertiary/aromatic N) is 3. The van der Waals surface area contributed by atoms with Gasteiger partial charge in [0.25, 0.3) is 17.4 Å². The minimum absolute atomic E-state index is 0.0424. The number of nitrogens with one attached hydrogen (secondary N) is 1. The summed E-state index contributed by atoms with van der Waals surface area (Å²) < 4.78 is 1.90. The smallest absolute Gasteiger partial charge is 0.257 e. The fourth-order valence-corrected chi connectivity index (χ4v) is 6.34. The SMILES string of the molecule is CN(Cc1ccccc1)C(=O)c1ccc(N2CC3CC(C2)c2cccc(=O)n2C3)c(NC(=O)c2ccccc2Cl)c1. The first-order valence-electron chi connectivity index (χ1n) is 13.8. The van der Waals surface area contributed by atoms with E-state index in [2.05, 4.69) is 10.2 Å². The number of fused-ring (bicyclic) bond motifs is 4. The molecule has 1 fully saturated rings. The van der Waals surface area contributed by atoms with Crippen LogP contribution in [0.2, 0.25) is 5.02 Å². The number of pyridine rings is 1. The topological polar surface area (TPSA) is 74.7 Å². The maximum Gasteiger partial charge on any atom is 0.257 e. The molecule has 0 spiro atoms. The minimum Gasteiger partial charge on any atom is -0.369 e. The molecule has 3 aromatic carbocycles. The van der Waals surface area contributed by atoms with E-state index in [0.717, 1.165) is 29.9 Å². The third kappa shape index (κ3) is 5.50. The second-order valence-electron chi connectivity index (χ2n) is 10.9. The zero-order valence-corrected chi connectivity index (χ0v) is 23.6. The van der Waals surface area contributed by atoms with Crippen LogP contribution >= 0.6 is 11.6 Å². The van der Waals surface area contributed by atoms with Gasteiger partial charge in [-0.05, 0) is 54.3 Å². The molecule has 2 amide bonds. The first-order valence-corrected chi connectivity index (χ1v) is 14.2. The van der Waals surface area contributed by atoms with E-state index >= 15 is 0 Å². The van der Waals surface area contributed by atoms with Crippen LogP contribution in [-0.2, 0) is 13.1 Å². The van der Waals surface area contributed by atoms with Crippen LogP contribution in [0.25, 0.3) is 0 Å². The van der Waals surface area contributed by atoms with Gasteiger partial charge in [0.15, 0.2) is 0 Å². The van der Waals surface area contributed by atoms with Gasteiger partial charge in [0, 0.05) is 56.5 Å². The van der Waals surface area contributed by atoms with Gasteiger partial charge in [0.2, 0.25) is 0 Å². The molecule has 7 nitrogen and oxygen atoms in total. The van der Waals surface area contributed by atoms with Crippen LogP contribution in [0.5, 0.6) is 0 Å². The van der Waals surface area contributed by atoms with Crippen molar-refractivity contribution in [3.05, 3.63) is 129 Å². The third-order valence-electron chi connectivity index (χ3n) is 8.04. The molecule has 2 unspecified atom stereocenters. The Hall–Kier alpha value is -4.36. The van der Waals surface area contributed by atoms with Crippen LogP contribution in [-0.4, -0.2) is 41.4 Å². The first-order chi connectivity index (χ1) is 19.9. The number of benzene rings is 3. The fourth-order valence-electron chi connectivity index (χ4n) is 6.12. The van der Waals surface area contributed by atoms with E-state index in [0.29, 0.717) is 47.4 Å². The van der Waals surface area contributed by atoms with Gasteiger partial charge in [0.1, 0.15) is 0 Å². The standard InChI is InChI=1S/C33H31ClN4O3/c1-36(18-22-8-3-2-4-9-22)33(41)24-14-15-30(28(17-24)35-32(40)26-10-5-6-11-27(26)34)37-19-23-16-25(21-37)29-12-7-13-31(39)38(29)20-23/h2-15,17,23,25H,16,18-21H2,1H3,(H,35,40). The molecule has 4 aromatic rings. The van der Waals surface area contributed by atoms with Gasteiger partial charge in [-0.3, -0.25) is 14.4 Å². The Labute approximate surface area is 244 Å². The number of carbonyl (C=O) groups is 2. The van der Waals surface area contributed by atoms with Crippen molar-refractivity contribution in [2.24, 2.45) is 5.92 Å². The third-order valence-corrected chi connectivity index (χ3v) is 8.37. The fraction of sp³-hybridized carbons (Fsp3) is 0.242. The molecule has 208 valence electrons. The quantitative estimate of drug-likeness (QED) is 0.327. The Balaban J connectivity index is 1.33. The number of carbonyl (C=O) groups excluding carboxylic acids is 2. The van der Waals surface area contributed by atoms with Gasteiger partial charge in [-0.15, -0.1) is 0 Å². The van der Waals surface area contributed by atoms with Crippen LogP contribution in [0.4, 0.5) is 11.4 Å². The highest BCUT2D eigenvalue weighted by Crippen LogP contribution is 2.39. The van der Waals surface area contributed by atoms with Gasteiger partial charge in [-0.25, -0.2) is 0 Å². The molecule has 41 heavy (non-hydrogen) atoms. The largest absolute Gasteiger partial charge is 0.369 e. The average molecular weight is 567 g/mol. The highest BCUT2D eigenvalue weighted by molar-refractivity contribution is 6.34. The summed E-state index contributed by atoms with van der Waals surface area (Å²) in [5, 5.41) is 3.41. The molecular weight excluding hydrogens is 536 g/mol. The second kappa shape index (κ2) is 11.3. The highest BCUT2D eigenvalue weighted by Gasteiger charge is 2.35. The van der Waals surface area contributed by atoms with E-state index in [-0.39, 0.29) is 23.3 Å². The monoisotopic (exact) mass is 566 g/mol. The lowest BCUT2D eigenvalue weighted by molar-refractivity contribution is 0.0784. The van der Waals surface area contributed by atoms with Gasteiger partial charge < -0.3 is 19.7 Å². The van der Waals surface area contributed by atoms with Crippen molar-refractivity contribution in [2.75, 3.05) is 30.4 Å². The predicted octanol–water partition coefficient (Wildman–Crippen LogP) is 5.65. The maximum atomic E-state index is 13.5. The van der Waals surface area contributed by atoms with Crippen LogP contribution in [0.3, 0.4) is 0 Å². The van der Waals surface area contributed by atoms with Crippen LogP contribution in [0.15, 0.2) is 95.8 Å². The lowest BCUT2D eigenvalue weighted by Crippen LogP contribution is -2.47. The molecule has 2 aliphatic heterocycles. The number of amides is 2. The van der Waals surface area contributed by atoms with E-state index < -0.39 is 0 Å². The van der Waals surface area contributed by atoms with Gasteiger partial charge in [0.05, 0.1) is 22.0 Å². The zero-order valence-electron chi connectivity index (χ0n) is 22.8. The van der Waals surface area contributed by atoms with E-state index in [4.69, 9.17) is 11.6 Å². The van der Waals surface area contributed by atoms with E-state index in [1.165, 1.54) is 0 Å². The Bertz CT molecular complexity index is 1670. The van der Waals surface area contributed by atoms with Gasteiger partial charge in [-0.1, -0.05) is 60.1 Å². The summed E-state index contributed by atoms with van der Waals surface area (Å²) in [6.07, 6.45) is 1.02. The summed E-state index contributed by atoms with van der Waals surface area (Å²) in [6, 6.07) is 27.7. The van der Waals surface area contributed by atoms with Crippen molar-refractivity contribution in [3.63, 3.8) is 0 Å². The summed E-state index contributed by atoms with van der Waals surface area (Å²) in [5.74, 6) is 0.0132. The zero-order chi connectivity index (χ0) is 28.5. The number of aromatic nitrogens is 1. The normalized spacial score (nSPS) is 17.5. The van der Waals surface area contributed by atoms with E-state index in [9.17, 15) is 14.4 Å². The van der Waals surface area contributed by atoms with Crippen molar-refractivity contribution >= 4 is 34.8 Å². The molecule has 6 rings (SSSR count). The van der Waals surface area contributed by atoms with Crippen molar-refractivity contribution in [2.45, 2.75) is 25.4 Å². The van der Waals surface area contributed by atoms with E-state index in [1.54, 1.807) is 48.3 Å². The van der Waals surface area contributed by atoms with Crippen LogP contribution in [0.1, 0.15) is 44.3 Å². The van der Waals surface area contributed by atoms with Crippen molar-refractivity contribution in [1.29, 1.82) is 0 Å². The molecule has 1 saturated heterocycles. The Morgan fingerprint density at radius 3 is 2.51 bits per heavy atom. The number of rotatable bonds is 6. The molecule has 1 aromatic heterocycles. The minimum atomic E-state index is -0.340. The molecular formula is C33H31ClN4O3. The lowest BCUT2D eigenvalue weighted by Gasteiger charge is -2.44. The van der Waals surface area contributed by atoms with Crippen molar-refractivity contribution in [3.8, 4) is 0 Å². The lowest BCUT2D eigenvalue weighted by atomic mass is 9.83. The molecule has 2 bridgehead atoms. The Morgan fingerprint density at radius 2 is 1.71 bits per heavy atom. The Morgan fingerprint density at radius 1 is 0.927 bits per heavy atom. The average Bonchev–Trinajstić information content (AvgIpc) is 2.98. The molecule has 0 radical (unpaired) electrons. The number of piperidine rings is 1. The molecule has 8 heteroatoms. The molecule has 2 atom stereocenters. The maximum absolute atomic E-state index is 13.5. The predicted molar refractivity (Wildman–Crippen MR) is 162 cm³/mol. The highest BCUT2D eigenvalue weighted by atomic mass is 35.5. The first kappa shape index (κ1) is 26.8. The molecule has 3 heterocycles. The summed E-state index contributed by atoms with van der Waals surface area (Å²) in [4.78, 5) is 43.3. The molecule has 1 N–H and O–H groups in total. The summed E-state index contributed by atoms with van der Waals surface area (Å²) >= 11 is 6.34. The number of hydrogen-bond acceptors (Lipinski definition) is 4. The Kier molecular flexibility index (Phi) is 7.37. The van der Waals surface area contributed by atoms with Gasteiger partial charge in [-0.2, -0.15) is 0 Å². The van der Waals surface area contributed by atoms with E-state index in [1.807, 2.05) is 59.2 Å². The molecule has 0 saturated carbocycles. The number of anilines is 2. The summed E-state index contributed by atoms with van der Waals surface area (Å²) in [7, 11) is 1.77. The summed E-state index contributed by atoms with van der Waals surface area (Å²) in [5.41, 5.74) is 4.37. The van der Waals surface area contributed by atoms with Crippen LogP contribution < -0.4 is 15.8 Å². The van der Waals surface area contributed by atoms with Crippen LogP contribution in [0, 0.1) is 5.92 Å². The van der Waals surface area contributed by atoms with Gasteiger partial charge >= 0.3 is 0 Å². The second-order valence-corrected chi connectivity index (χ2v) is 11.3. The summed E-state index contributed by atoms with van der Waals surface area (Å²) in [6.45, 7) is 2.59. The number of hydrogen-bond donors (Lipinski definition) is 1. The molecule has 2 aliphatic rings. The van der Waals surface area contributed by atoms with Crippen molar-refractivity contribution in [1.82, 2.24) is 9.47 Å². The molecule has 0 aliphatic carbocycles. The van der Waals surface area contributed by atoms with Crippen molar-refractivity contribution < 1.29 is 9.59 Å².